The van der Waals surface area contributed by atoms with Crippen molar-refractivity contribution in [3.63, 3.8) is 0 Å². The van der Waals surface area contributed by atoms with Crippen molar-refractivity contribution in [2.24, 2.45) is 0 Å². The largest absolute Gasteiger partial charge is 0.497 e. The zero-order valence-corrected chi connectivity index (χ0v) is 22.3. The molecule has 0 aliphatic heterocycles. The molecular weight excluding hydrogens is 494 g/mol. The summed E-state index contributed by atoms with van der Waals surface area (Å²) in [4.78, 5) is 27.7. The molecule has 0 saturated heterocycles. The summed E-state index contributed by atoms with van der Waals surface area (Å²) >= 11 is 6.11. The van der Waals surface area contributed by atoms with Crippen LogP contribution in [0.25, 0.3) is 0 Å². The molecule has 192 valence electrons. The van der Waals surface area contributed by atoms with Crippen LogP contribution in [0.2, 0.25) is 5.02 Å². The lowest BCUT2D eigenvalue weighted by Gasteiger charge is -2.32. The highest BCUT2D eigenvalue weighted by Crippen LogP contribution is 2.33. The Labute approximate surface area is 212 Å². The Kier molecular flexibility index (Phi) is 9.79. The van der Waals surface area contributed by atoms with Gasteiger partial charge in [0.1, 0.15) is 24.1 Å². The first kappa shape index (κ1) is 28.3. The number of nitrogens with zero attached hydrogens (tertiary/aromatic N) is 2. The summed E-state index contributed by atoms with van der Waals surface area (Å²) in [7, 11) is -0.996. The molecule has 0 saturated carbocycles. The highest BCUT2D eigenvalue weighted by atomic mass is 35.5. The third kappa shape index (κ3) is 7.76. The minimum absolute atomic E-state index is 0.0625. The van der Waals surface area contributed by atoms with E-state index in [1.54, 1.807) is 37.3 Å². The van der Waals surface area contributed by atoms with E-state index in [9.17, 15) is 18.0 Å². The van der Waals surface area contributed by atoms with Gasteiger partial charge in [-0.25, -0.2) is 8.42 Å². The number of halogens is 1. The minimum Gasteiger partial charge on any atom is -0.497 e. The van der Waals surface area contributed by atoms with Gasteiger partial charge in [-0.2, -0.15) is 0 Å². The van der Waals surface area contributed by atoms with Crippen molar-refractivity contribution >= 4 is 39.1 Å². The Balaban J connectivity index is 2.48. The second-order valence-corrected chi connectivity index (χ2v) is 10.6. The summed E-state index contributed by atoms with van der Waals surface area (Å²) in [5.74, 6) is -0.109. The van der Waals surface area contributed by atoms with E-state index in [2.05, 4.69) is 5.32 Å². The first-order valence-electron chi connectivity index (χ1n) is 10.9. The molecule has 11 heteroatoms. The molecule has 0 aliphatic rings. The number of nitrogens with one attached hydrogen (secondary N) is 1. The van der Waals surface area contributed by atoms with Gasteiger partial charge in [-0.3, -0.25) is 13.9 Å². The number of rotatable bonds is 11. The third-order valence-electron chi connectivity index (χ3n) is 5.17. The molecule has 35 heavy (non-hydrogen) atoms. The van der Waals surface area contributed by atoms with Crippen molar-refractivity contribution < 1.29 is 27.5 Å². The Morgan fingerprint density at radius 1 is 1.06 bits per heavy atom. The number of hydrogen-bond donors (Lipinski definition) is 1. The van der Waals surface area contributed by atoms with Crippen molar-refractivity contribution in [1.29, 1.82) is 0 Å². The number of sulfonamides is 1. The number of hydrogen-bond acceptors (Lipinski definition) is 6. The Morgan fingerprint density at radius 3 is 2.31 bits per heavy atom. The maximum absolute atomic E-state index is 13.6. The van der Waals surface area contributed by atoms with E-state index in [-0.39, 0.29) is 35.0 Å². The first-order valence-corrected chi connectivity index (χ1v) is 13.1. The zero-order valence-electron chi connectivity index (χ0n) is 20.7. The van der Waals surface area contributed by atoms with E-state index in [4.69, 9.17) is 21.1 Å². The molecular formula is C24H32ClN3O6S. The second kappa shape index (κ2) is 12.1. The van der Waals surface area contributed by atoms with Crippen LogP contribution in [0.4, 0.5) is 5.69 Å². The fraction of sp³-hybridized carbons (Fsp3) is 0.417. The van der Waals surface area contributed by atoms with Gasteiger partial charge in [-0.15, -0.1) is 0 Å². The van der Waals surface area contributed by atoms with E-state index < -0.39 is 28.5 Å². The summed E-state index contributed by atoms with van der Waals surface area (Å²) in [6, 6.07) is 10.6. The summed E-state index contributed by atoms with van der Waals surface area (Å²) in [5, 5.41) is 3.08. The number of anilines is 1. The Morgan fingerprint density at radius 2 is 1.74 bits per heavy atom. The summed E-state index contributed by atoms with van der Waals surface area (Å²) < 4.78 is 36.9. The molecule has 1 N–H and O–H groups in total. The highest BCUT2D eigenvalue weighted by molar-refractivity contribution is 7.92. The molecule has 0 aliphatic carbocycles. The van der Waals surface area contributed by atoms with Crippen molar-refractivity contribution in [3.05, 3.63) is 53.1 Å². The Bertz CT molecular complexity index is 1160. The molecule has 0 bridgehead atoms. The van der Waals surface area contributed by atoms with Crippen molar-refractivity contribution in [2.45, 2.75) is 39.4 Å². The lowest BCUT2D eigenvalue weighted by atomic mass is 10.1. The molecule has 0 aromatic heterocycles. The van der Waals surface area contributed by atoms with Gasteiger partial charge in [0.2, 0.25) is 21.8 Å². The molecule has 2 aromatic rings. The number of amides is 2. The molecule has 0 unspecified atom stereocenters. The maximum atomic E-state index is 13.6. The van der Waals surface area contributed by atoms with Crippen molar-refractivity contribution in [3.8, 4) is 11.5 Å². The van der Waals surface area contributed by atoms with Gasteiger partial charge in [-0.05, 0) is 56.7 Å². The third-order valence-corrected chi connectivity index (χ3v) is 6.54. The average molecular weight is 526 g/mol. The molecule has 0 radical (unpaired) electrons. The van der Waals surface area contributed by atoms with Crippen LogP contribution in [-0.4, -0.2) is 64.2 Å². The van der Waals surface area contributed by atoms with Crippen LogP contribution in [0.15, 0.2) is 42.5 Å². The number of carbonyl (C=O) groups excluding carboxylic acids is 2. The molecule has 2 amide bonds. The SMILES string of the molecule is COc1cccc(CN(C(=O)CN(c2cc(Cl)ccc2OC)S(C)(=O)=O)[C@H](C)C(=O)NC(C)C)c1. The van der Waals surface area contributed by atoms with E-state index >= 15 is 0 Å². The zero-order chi connectivity index (χ0) is 26.3. The van der Waals surface area contributed by atoms with Crippen LogP contribution in [0.5, 0.6) is 11.5 Å². The minimum atomic E-state index is -3.92. The van der Waals surface area contributed by atoms with Crippen LogP contribution in [0.1, 0.15) is 26.3 Å². The van der Waals surface area contributed by atoms with Crippen LogP contribution >= 0.6 is 11.6 Å². The molecule has 1 atom stereocenters. The lowest BCUT2D eigenvalue weighted by molar-refractivity contribution is -0.139. The Hall–Kier alpha value is -2.98. The fourth-order valence-electron chi connectivity index (χ4n) is 3.41. The normalized spacial score (nSPS) is 12.1. The fourth-order valence-corrected chi connectivity index (χ4v) is 4.42. The molecule has 0 heterocycles. The first-order chi connectivity index (χ1) is 16.4. The van der Waals surface area contributed by atoms with Gasteiger partial charge >= 0.3 is 0 Å². The van der Waals surface area contributed by atoms with Gasteiger partial charge in [0.05, 0.1) is 26.2 Å². The van der Waals surface area contributed by atoms with Gasteiger partial charge in [0, 0.05) is 17.6 Å². The molecule has 2 rings (SSSR count). The van der Waals surface area contributed by atoms with Crippen molar-refractivity contribution in [1.82, 2.24) is 10.2 Å². The second-order valence-electron chi connectivity index (χ2n) is 8.30. The van der Waals surface area contributed by atoms with E-state index in [1.165, 1.54) is 31.3 Å². The average Bonchev–Trinajstić information content (AvgIpc) is 2.79. The summed E-state index contributed by atoms with van der Waals surface area (Å²) in [5.41, 5.74) is 0.838. The number of ether oxygens (including phenoxy) is 2. The number of benzene rings is 2. The van der Waals surface area contributed by atoms with Crippen LogP contribution in [-0.2, 0) is 26.2 Å². The van der Waals surface area contributed by atoms with Crippen LogP contribution < -0.4 is 19.1 Å². The van der Waals surface area contributed by atoms with E-state index in [0.29, 0.717) is 11.3 Å². The molecule has 9 nitrogen and oxygen atoms in total. The van der Waals surface area contributed by atoms with Crippen molar-refractivity contribution in [2.75, 3.05) is 31.3 Å². The lowest BCUT2D eigenvalue weighted by Crippen LogP contribution is -2.52. The number of methoxy groups -OCH3 is 2. The van der Waals surface area contributed by atoms with Crippen LogP contribution in [0, 0.1) is 0 Å². The van der Waals surface area contributed by atoms with Crippen LogP contribution in [0.3, 0.4) is 0 Å². The topological polar surface area (TPSA) is 105 Å². The van der Waals surface area contributed by atoms with Gasteiger partial charge in [0.15, 0.2) is 0 Å². The number of carbonyl (C=O) groups is 2. The predicted molar refractivity (Wildman–Crippen MR) is 136 cm³/mol. The summed E-state index contributed by atoms with van der Waals surface area (Å²) in [6.07, 6.45) is 0.988. The quantitative estimate of drug-likeness (QED) is 0.483. The van der Waals surface area contributed by atoms with E-state index in [0.717, 1.165) is 10.6 Å². The summed E-state index contributed by atoms with van der Waals surface area (Å²) in [6.45, 7) is 4.73. The molecule has 2 aromatic carbocycles. The monoisotopic (exact) mass is 525 g/mol. The maximum Gasteiger partial charge on any atom is 0.244 e. The van der Waals surface area contributed by atoms with Gasteiger partial charge in [0.25, 0.3) is 0 Å². The van der Waals surface area contributed by atoms with Gasteiger partial charge < -0.3 is 19.7 Å². The predicted octanol–water partition coefficient (Wildman–Crippen LogP) is 3.07. The highest BCUT2D eigenvalue weighted by Gasteiger charge is 2.31. The van der Waals surface area contributed by atoms with E-state index in [1.807, 2.05) is 13.8 Å². The standard InChI is InChI=1S/C24H32ClN3O6S/c1-16(2)26-24(30)17(3)27(14-18-8-7-9-20(12-18)33-4)23(29)15-28(35(6,31)32)21-13-19(25)10-11-22(21)34-5/h7-13,16-17H,14-15H2,1-6H3,(H,26,30)/t17-/m1/s1. The molecule has 0 fully saturated rings. The smallest absolute Gasteiger partial charge is 0.244 e. The molecule has 0 spiro atoms. The van der Waals surface area contributed by atoms with Gasteiger partial charge in [-0.1, -0.05) is 23.7 Å².